The highest BCUT2D eigenvalue weighted by Gasteiger charge is 2.27. The van der Waals surface area contributed by atoms with E-state index in [1.54, 1.807) is 0 Å². The Hall–Kier alpha value is -1.15. The maximum Gasteiger partial charge on any atom is 0.113 e. The van der Waals surface area contributed by atoms with Gasteiger partial charge in [0.2, 0.25) is 0 Å². The fourth-order valence-corrected chi connectivity index (χ4v) is 3.09. The van der Waals surface area contributed by atoms with E-state index in [0.29, 0.717) is 0 Å². The molecule has 0 aromatic heterocycles. The van der Waals surface area contributed by atoms with E-state index in [-0.39, 0.29) is 11.9 Å². The second-order valence-electron chi connectivity index (χ2n) is 6.05. The molecule has 1 heterocycles. The van der Waals surface area contributed by atoms with Crippen molar-refractivity contribution in [2.75, 3.05) is 6.54 Å². The summed E-state index contributed by atoms with van der Waals surface area (Å²) in [5.74, 6) is 0.0972. The van der Waals surface area contributed by atoms with Crippen molar-refractivity contribution in [2.45, 2.75) is 64.5 Å². The van der Waals surface area contributed by atoms with Crippen molar-refractivity contribution >= 4 is 0 Å². The van der Waals surface area contributed by atoms with Gasteiger partial charge >= 0.3 is 0 Å². The van der Waals surface area contributed by atoms with Crippen LogP contribution in [0.25, 0.3) is 0 Å². The number of likely N-dealkylation sites (tertiary alicyclic amines) is 1. The lowest BCUT2D eigenvalue weighted by atomic mass is 10.1. The molecule has 2 rings (SSSR count). The van der Waals surface area contributed by atoms with Gasteiger partial charge in [0, 0.05) is 6.54 Å². The lowest BCUT2D eigenvalue weighted by molar-refractivity contribution is 0.246. The molecule has 1 aromatic carbocycles. The lowest BCUT2D eigenvalue weighted by Gasteiger charge is -2.23. The average molecular weight is 289 g/mol. The summed E-state index contributed by atoms with van der Waals surface area (Å²) >= 11 is 0. The minimum atomic E-state index is 0.0105. The number of allylic oxidation sites excluding steroid dienone is 1. The van der Waals surface area contributed by atoms with Gasteiger partial charge in [0.1, 0.15) is 5.83 Å². The molecule has 1 aromatic rings. The average Bonchev–Trinajstić information content (AvgIpc) is 2.96. The maximum absolute atomic E-state index is 14.4. The summed E-state index contributed by atoms with van der Waals surface area (Å²) in [6, 6.07) is 10.4. The van der Waals surface area contributed by atoms with Gasteiger partial charge in [-0.15, -0.1) is 0 Å². The molecule has 1 aliphatic heterocycles. The fourth-order valence-electron chi connectivity index (χ4n) is 3.09. The molecule has 1 fully saturated rings. The number of rotatable bonds is 8. The number of nitrogens with zero attached hydrogens (tertiary/aromatic N) is 1. The zero-order chi connectivity index (χ0) is 14.9. The molecule has 0 radical (unpaired) electrons. The molecule has 21 heavy (non-hydrogen) atoms. The molecule has 0 amide bonds. The Morgan fingerprint density at radius 1 is 1.24 bits per heavy atom. The Bertz CT molecular complexity index is 426. The minimum absolute atomic E-state index is 0.0105. The first-order valence-electron chi connectivity index (χ1n) is 8.44. The van der Waals surface area contributed by atoms with Crippen molar-refractivity contribution in [1.82, 2.24) is 4.90 Å². The fraction of sp³-hybridized carbons (Fsp3) is 0.579. The number of halogens is 1. The van der Waals surface area contributed by atoms with Crippen LogP contribution >= 0.6 is 0 Å². The molecule has 1 unspecified atom stereocenters. The van der Waals surface area contributed by atoms with Crippen LogP contribution in [0.1, 0.15) is 57.4 Å². The highest BCUT2D eigenvalue weighted by molar-refractivity contribution is 5.16. The predicted molar refractivity (Wildman–Crippen MR) is 87.8 cm³/mol. The van der Waals surface area contributed by atoms with E-state index in [2.05, 4.69) is 36.1 Å². The van der Waals surface area contributed by atoms with Crippen LogP contribution < -0.4 is 0 Å². The van der Waals surface area contributed by atoms with Gasteiger partial charge in [-0.1, -0.05) is 62.6 Å². The monoisotopic (exact) mass is 289 g/mol. The highest BCUT2D eigenvalue weighted by atomic mass is 19.1. The maximum atomic E-state index is 14.4. The van der Waals surface area contributed by atoms with Crippen LogP contribution in [-0.4, -0.2) is 17.5 Å². The summed E-state index contributed by atoms with van der Waals surface area (Å²) in [5, 5.41) is 0. The molecular weight excluding hydrogens is 261 g/mol. The minimum Gasteiger partial charge on any atom is -0.290 e. The number of hydrogen-bond acceptors (Lipinski definition) is 1. The molecule has 0 spiro atoms. The van der Waals surface area contributed by atoms with E-state index in [0.717, 1.165) is 38.8 Å². The van der Waals surface area contributed by atoms with Gasteiger partial charge in [-0.2, -0.15) is 0 Å². The third-order valence-corrected chi connectivity index (χ3v) is 4.31. The highest BCUT2D eigenvalue weighted by Crippen LogP contribution is 2.27. The van der Waals surface area contributed by atoms with E-state index < -0.39 is 0 Å². The van der Waals surface area contributed by atoms with Crippen molar-refractivity contribution in [3.63, 3.8) is 0 Å². The van der Waals surface area contributed by atoms with E-state index in [1.807, 2.05) is 12.1 Å². The number of benzene rings is 1. The molecular formula is C19H28FN. The molecule has 0 bridgehead atoms. The third kappa shape index (κ3) is 5.28. The van der Waals surface area contributed by atoms with Gasteiger partial charge in [-0.3, -0.25) is 4.90 Å². The largest absolute Gasteiger partial charge is 0.290 e. The van der Waals surface area contributed by atoms with Crippen molar-refractivity contribution in [2.24, 2.45) is 0 Å². The van der Waals surface area contributed by atoms with Gasteiger partial charge in [-0.25, -0.2) is 4.39 Å². The van der Waals surface area contributed by atoms with E-state index in [9.17, 15) is 4.39 Å². The smallest absolute Gasteiger partial charge is 0.113 e. The molecule has 1 saturated heterocycles. The first-order valence-corrected chi connectivity index (χ1v) is 8.44. The van der Waals surface area contributed by atoms with Gasteiger partial charge in [-0.05, 0) is 37.8 Å². The van der Waals surface area contributed by atoms with Gasteiger partial charge in [0.25, 0.3) is 0 Å². The summed E-state index contributed by atoms with van der Waals surface area (Å²) in [7, 11) is 0. The lowest BCUT2D eigenvalue weighted by Crippen LogP contribution is -2.29. The van der Waals surface area contributed by atoms with Crippen molar-refractivity contribution in [3.8, 4) is 0 Å². The standard InChI is InChI=1S/C19H28FN/c1-2-3-4-5-9-13-18(20)19-14-10-15-21(19)16-17-11-7-6-8-12-17/h6-8,11-13,19H,2-5,9-10,14-16H2,1H3/b18-13-. The number of hydrogen-bond donors (Lipinski definition) is 0. The van der Waals surface area contributed by atoms with E-state index in [4.69, 9.17) is 0 Å². The van der Waals surface area contributed by atoms with Crippen LogP contribution in [0.3, 0.4) is 0 Å². The van der Waals surface area contributed by atoms with E-state index in [1.165, 1.54) is 24.8 Å². The third-order valence-electron chi connectivity index (χ3n) is 4.31. The van der Waals surface area contributed by atoms with Crippen LogP contribution in [0.15, 0.2) is 42.2 Å². The molecule has 0 N–H and O–H groups in total. The van der Waals surface area contributed by atoms with Gasteiger partial charge in [0.05, 0.1) is 6.04 Å². The SMILES string of the molecule is CCCCCC/C=C(\F)C1CCCN1Cc1ccccc1. The normalized spacial score (nSPS) is 20.1. The Morgan fingerprint density at radius 3 is 2.81 bits per heavy atom. The quantitative estimate of drug-likeness (QED) is 0.573. The molecule has 116 valence electrons. The molecule has 1 atom stereocenters. The Morgan fingerprint density at radius 2 is 2.05 bits per heavy atom. The van der Waals surface area contributed by atoms with Crippen molar-refractivity contribution < 1.29 is 4.39 Å². The zero-order valence-corrected chi connectivity index (χ0v) is 13.2. The van der Waals surface area contributed by atoms with Gasteiger partial charge < -0.3 is 0 Å². The zero-order valence-electron chi connectivity index (χ0n) is 13.2. The van der Waals surface area contributed by atoms with Crippen LogP contribution in [-0.2, 0) is 6.54 Å². The Labute approximate surface area is 128 Å². The summed E-state index contributed by atoms with van der Waals surface area (Å²) in [4.78, 5) is 2.28. The van der Waals surface area contributed by atoms with Crippen molar-refractivity contribution in [1.29, 1.82) is 0 Å². The summed E-state index contributed by atoms with van der Waals surface area (Å²) in [5.41, 5.74) is 1.28. The first-order chi connectivity index (χ1) is 10.3. The van der Waals surface area contributed by atoms with Gasteiger partial charge in [0.15, 0.2) is 0 Å². The molecule has 0 saturated carbocycles. The van der Waals surface area contributed by atoms with E-state index >= 15 is 0 Å². The summed E-state index contributed by atoms with van der Waals surface area (Å²) in [6.45, 7) is 4.08. The summed E-state index contributed by atoms with van der Waals surface area (Å²) in [6.07, 6.45) is 9.63. The van der Waals surface area contributed by atoms with Crippen LogP contribution in [0.5, 0.6) is 0 Å². The topological polar surface area (TPSA) is 3.24 Å². The molecule has 1 nitrogen and oxygen atoms in total. The predicted octanol–water partition coefficient (Wildman–Crippen LogP) is 5.47. The number of unbranched alkanes of at least 4 members (excludes halogenated alkanes) is 4. The Balaban J connectivity index is 1.84. The molecule has 1 aliphatic rings. The first kappa shape index (κ1) is 16.2. The van der Waals surface area contributed by atoms with Crippen LogP contribution in [0.2, 0.25) is 0 Å². The Kier molecular flexibility index (Phi) is 6.94. The molecule has 2 heteroatoms. The van der Waals surface area contributed by atoms with Crippen molar-refractivity contribution in [3.05, 3.63) is 47.8 Å². The second kappa shape index (κ2) is 8.99. The van der Waals surface area contributed by atoms with Crippen LogP contribution in [0.4, 0.5) is 4.39 Å². The summed E-state index contributed by atoms with van der Waals surface area (Å²) < 4.78 is 14.4. The molecule has 0 aliphatic carbocycles. The second-order valence-corrected chi connectivity index (χ2v) is 6.05. The van der Waals surface area contributed by atoms with Crippen LogP contribution in [0, 0.1) is 0 Å².